The Morgan fingerprint density at radius 1 is 1.38 bits per heavy atom. The molecule has 0 aromatic heterocycles. The van der Waals surface area contributed by atoms with Gasteiger partial charge in [-0.25, -0.2) is 5.43 Å². The summed E-state index contributed by atoms with van der Waals surface area (Å²) in [6.07, 6.45) is 0.963. The highest BCUT2D eigenvalue weighted by Gasteiger charge is 2.14. The van der Waals surface area contributed by atoms with Gasteiger partial charge in [-0.2, -0.15) is 5.10 Å². The summed E-state index contributed by atoms with van der Waals surface area (Å²) in [5.41, 5.74) is 4.37. The molecule has 1 aromatic carbocycles. The fourth-order valence-electron chi connectivity index (χ4n) is 1.56. The van der Waals surface area contributed by atoms with E-state index in [4.69, 9.17) is 5.11 Å². The lowest BCUT2D eigenvalue weighted by molar-refractivity contribution is -0.121. The van der Waals surface area contributed by atoms with Crippen molar-refractivity contribution in [1.29, 1.82) is 0 Å². The fourth-order valence-corrected chi connectivity index (χ4v) is 1.56. The van der Waals surface area contributed by atoms with Gasteiger partial charge in [0.1, 0.15) is 5.75 Å². The lowest BCUT2D eigenvalue weighted by atomic mass is 10.0. The van der Waals surface area contributed by atoms with Gasteiger partial charge < -0.3 is 10.2 Å². The smallest absolute Gasteiger partial charge is 0.240 e. The van der Waals surface area contributed by atoms with E-state index < -0.39 is 0 Å². The van der Waals surface area contributed by atoms with Gasteiger partial charge in [-0.1, -0.05) is 12.1 Å². The fraction of sp³-hybridized carbons (Fsp3) is 0.273. The van der Waals surface area contributed by atoms with Gasteiger partial charge in [0.25, 0.3) is 0 Å². The van der Waals surface area contributed by atoms with E-state index in [2.05, 4.69) is 10.5 Å². The first-order valence-electron chi connectivity index (χ1n) is 4.99. The van der Waals surface area contributed by atoms with E-state index in [1.807, 2.05) is 0 Å². The Kier molecular flexibility index (Phi) is 2.87. The van der Waals surface area contributed by atoms with Crippen LogP contribution in [0.4, 0.5) is 0 Å². The molecule has 1 amide bonds. The summed E-state index contributed by atoms with van der Waals surface area (Å²) in [6, 6.07) is 4.95. The number of rotatable bonds is 2. The van der Waals surface area contributed by atoms with E-state index in [0.717, 1.165) is 11.3 Å². The molecule has 1 aromatic rings. The van der Waals surface area contributed by atoms with Crippen molar-refractivity contribution in [2.75, 3.05) is 0 Å². The van der Waals surface area contributed by atoms with Crippen LogP contribution < -0.4 is 5.43 Å². The molecule has 0 fully saturated rings. The van der Waals surface area contributed by atoms with Crippen LogP contribution in [-0.2, 0) is 11.4 Å². The highest BCUT2D eigenvalue weighted by atomic mass is 16.3. The first-order chi connectivity index (χ1) is 7.70. The lowest BCUT2D eigenvalue weighted by Gasteiger charge is -2.12. The molecular formula is C11H12N2O3. The van der Waals surface area contributed by atoms with Crippen molar-refractivity contribution >= 4 is 11.6 Å². The molecule has 5 heteroatoms. The van der Waals surface area contributed by atoms with E-state index in [-0.39, 0.29) is 18.3 Å². The molecule has 0 radical (unpaired) electrons. The molecule has 2 rings (SSSR count). The lowest BCUT2D eigenvalue weighted by Crippen LogP contribution is -2.25. The summed E-state index contributed by atoms with van der Waals surface area (Å²) in [6.45, 7) is -0.199. The molecule has 1 aliphatic rings. The summed E-state index contributed by atoms with van der Waals surface area (Å²) < 4.78 is 0. The Labute approximate surface area is 92.4 Å². The van der Waals surface area contributed by atoms with E-state index in [1.165, 1.54) is 0 Å². The first-order valence-corrected chi connectivity index (χ1v) is 4.99. The van der Waals surface area contributed by atoms with Gasteiger partial charge in [-0.3, -0.25) is 4.79 Å². The van der Waals surface area contributed by atoms with Gasteiger partial charge in [0.15, 0.2) is 0 Å². The predicted octanol–water partition coefficient (Wildman–Crippen LogP) is 0.499. The minimum absolute atomic E-state index is 0.0413. The molecule has 3 N–H and O–H groups in total. The van der Waals surface area contributed by atoms with Gasteiger partial charge in [0.2, 0.25) is 5.91 Å². The third-order valence-corrected chi connectivity index (χ3v) is 2.49. The van der Waals surface area contributed by atoms with Crippen molar-refractivity contribution in [2.45, 2.75) is 19.4 Å². The topological polar surface area (TPSA) is 81.9 Å². The second kappa shape index (κ2) is 4.32. The van der Waals surface area contributed by atoms with Crippen LogP contribution >= 0.6 is 0 Å². The van der Waals surface area contributed by atoms with Crippen molar-refractivity contribution in [2.24, 2.45) is 5.10 Å². The number of nitrogens with one attached hydrogen (secondary N) is 1. The van der Waals surface area contributed by atoms with Gasteiger partial charge in [0.05, 0.1) is 12.3 Å². The largest absolute Gasteiger partial charge is 0.508 e. The second-order valence-electron chi connectivity index (χ2n) is 3.60. The molecule has 1 heterocycles. The number of hydrazone groups is 1. The number of carbonyl (C=O) groups excluding carboxylic acids is 1. The Hall–Kier alpha value is -1.88. The van der Waals surface area contributed by atoms with Crippen molar-refractivity contribution in [3.63, 3.8) is 0 Å². The van der Waals surface area contributed by atoms with Gasteiger partial charge in [-0.15, -0.1) is 0 Å². The van der Waals surface area contributed by atoms with Crippen molar-refractivity contribution in [3.8, 4) is 5.75 Å². The van der Waals surface area contributed by atoms with E-state index in [0.29, 0.717) is 18.4 Å². The average Bonchev–Trinajstić information content (AvgIpc) is 2.30. The number of aliphatic hydroxyl groups is 1. The van der Waals surface area contributed by atoms with Crippen molar-refractivity contribution in [3.05, 3.63) is 29.3 Å². The first kappa shape index (κ1) is 10.6. The maximum Gasteiger partial charge on any atom is 0.240 e. The zero-order valence-corrected chi connectivity index (χ0v) is 8.60. The number of nitrogens with zero attached hydrogens (tertiary/aromatic N) is 1. The van der Waals surface area contributed by atoms with Crippen molar-refractivity contribution < 1.29 is 15.0 Å². The van der Waals surface area contributed by atoms with Gasteiger partial charge in [0, 0.05) is 24.0 Å². The van der Waals surface area contributed by atoms with Crippen molar-refractivity contribution in [1.82, 2.24) is 5.43 Å². The van der Waals surface area contributed by atoms with E-state index in [9.17, 15) is 9.90 Å². The molecule has 0 bridgehead atoms. The molecule has 16 heavy (non-hydrogen) atoms. The third kappa shape index (κ3) is 2.04. The number of phenols is 1. The summed E-state index contributed by atoms with van der Waals surface area (Å²) >= 11 is 0. The van der Waals surface area contributed by atoms with Crippen LogP contribution in [0.1, 0.15) is 24.0 Å². The highest BCUT2D eigenvalue weighted by Crippen LogP contribution is 2.20. The zero-order valence-electron chi connectivity index (χ0n) is 8.60. The number of carbonyl (C=O) groups is 1. The number of benzene rings is 1. The maximum atomic E-state index is 10.9. The summed E-state index contributed by atoms with van der Waals surface area (Å²) in [5.74, 6) is -0.0560. The normalized spacial score (nSPS) is 15.6. The number of hydrogen-bond donors (Lipinski definition) is 3. The molecule has 0 atom stereocenters. The Morgan fingerprint density at radius 3 is 2.75 bits per heavy atom. The van der Waals surface area contributed by atoms with Crippen LogP contribution in [0.3, 0.4) is 0 Å². The molecule has 5 nitrogen and oxygen atoms in total. The molecule has 0 spiro atoms. The minimum Gasteiger partial charge on any atom is -0.508 e. The molecule has 0 unspecified atom stereocenters. The summed E-state index contributed by atoms with van der Waals surface area (Å²) in [5, 5.41) is 22.4. The molecule has 0 saturated carbocycles. The maximum absolute atomic E-state index is 10.9. The molecule has 1 aliphatic heterocycles. The summed E-state index contributed by atoms with van der Waals surface area (Å²) in [7, 11) is 0. The number of aliphatic hydroxyl groups excluding tert-OH is 1. The summed E-state index contributed by atoms with van der Waals surface area (Å²) in [4.78, 5) is 10.9. The number of hydrogen-bond acceptors (Lipinski definition) is 4. The SMILES string of the molecule is O=C1CCC(c2ccc(CO)c(O)c2)=NN1. The zero-order chi connectivity index (χ0) is 11.5. The molecule has 0 aliphatic carbocycles. The van der Waals surface area contributed by atoms with Crippen LogP contribution in [0.15, 0.2) is 23.3 Å². The number of aromatic hydroxyl groups is 1. The standard InChI is InChI=1S/C11H12N2O3/c14-6-8-2-1-7(5-10(8)15)9-3-4-11(16)13-12-9/h1-2,5,14-15H,3-4,6H2,(H,13,16). The number of amides is 1. The Bertz CT molecular complexity index is 455. The minimum atomic E-state index is -0.199. The highest BCUT2D eigenvalue weighted by molar-refractivity contribution is 6.04. The molecular weight excluding hydrogens is 208 g/mol. The Balaban J connectivity index is 2.28. The van der Waals surface area contributed by atoms with Crippen LogP contribution in [0.25, 0.3) is 0 Å². The quantitative estimate of drug-likeness (QED) is 0.678. The van der Waals surface area contributed by atoms with Crippen LogP contribution in [-0.4, -0.2) is 21.8 Å². The van der Waals surface area contributed by atoms with Crippen LogP contribution in [0, 0.1) is 0 Å². The van der Waals surface area contributed by atoms with E-state index in [1.54, 1.807) is 18.2 Å². The Morgan fingerprint density at radius 2 is 2.19 bits per heavy atom. The molecule has 0 saturated heterocycles. The van der Waals surface area contributed by atoms with E-state index >= 15 is 0 Å². The van der Waals surface area contributed by atoms with Gasteiger partial charge in [-0.05, 0) is 6.07 Å². The molecule has 84 valence electrons. The predicted molar refractivity (Wildman–Crippen MR) is 57.9 cm³/mol. The average molecular weight is 220 g/mol. The monoisotopic (exact) mass is 220 g/mol. The van der Waals surface area contributed by atoms with Gasteiger partial charge >= 0.3 is 0 Å². The second-order valence-corrected chi connectivity index (χ2v) is 3.60. The van der Waals surface area contributed by atoms with Crippen LogP contribution in [0.2, 0.25) is 0 Å². The van der Waals surface area contributed by atoms with Crippen LogP contribution in [0.5, 0.6) is 5.75 Å². The third-order valence-electron chi connectivity index (χ3n) is 2.49.